The molecule has 108 valence electrons. The second-order valence-electron chi connectivity index (χ2n) is 3.66. The van der Waals surface area contributed by atoms with Crippen LogP contribution in [0.4, 0.5) is 0 Å². The smallest absolute Gasteiger partial charge is 0.244 e. The first-order valence-electron chi connectivity index (χ1n) is 5.44. The van der Waals surface area contributed by atoms with Gasteiger partial charge in [-0.05, 0) is 34.5 Å². The van der Waals surface area contributed by atoms with E-state index in [1.54, 1.807) is 13.2 Å². The average Bonchev–Trinajstić information content (AvgIpc) is 2.34. The highest BCUT2D eigenvalue weighted by molar-refractivity contribution is 9.10. The van der Waals surface area contributed by atoms with Crippen LogP contribution in [-0.4, -0.2) is 35.8 Å². The fraction of sp³-hybridized carbons (Fsp3) is 0.455. The van der Waals surface area contributed by atoms with Crippen molar-refractivity contribution in [1.29, 1.82) is 0 Å². The molecule has 0 heterocycles. The molecule has 1 N–H and O–H groups in total. The Morgan fingerprint density at radius 2 is 2.05 bits per heavy atom. The van der Waals surface area contributed by atoms with Gasteiger partial charge in [0.1, 0.15) is 4.90 Å². The summed E-state index contributed by atoms with van der Waals surface area (Å²) in [6.45, 7) is 0.766. The number of nitrogens with one attached hydrogen (secondary N) is 1. The van der Waals surface area contributed by atoms with Crippen molar-refractivity contribution >= 4 is 37.6 Å². The Balaban J connectivity index is 3.00. The molecule has 1 aromatic rings. The van der Waals surface area contributed by atoms with Gasteiger partial charge in [0.05, 0.1) is 11.6 Å². The van der Waals surface area contributed by atoms with E-state index in [4.69, 9.17) is 21.1 Å². The topological polar surface area (TPSA) is 64.6 Å². The van der Waals surface area contributed by atoms with E-state index in [9.17, 15) is 8.42 Å². The van der Waals surface area contributed by atoms with Crippen molar-refractivity contribution in [1.82, 2.24) is 4.72 Å². The molecule has 0 aromatic heterocycles. The summed E-state index contributed by atoms with van der Waals surface area (Å²) >= 11 is 9.09. The molecule has 0 radical (unpaired) electrons. The Morgan fingerprint density at radius 1 is 1.37 bits per heavy atom. The molecule has 0 aliphatic rings. The molecule has 0 amide bonds. The molecule has 0 unspecified atom stereocenters. The summed E-state index contributed by atoms with van der Waals surface area (Å²) in [5.41, 5.74) is 0. The van der Waals surface area contributed by atoms with Crippen molar-refractivity contribution in [2.75, 3.05) is 27.4 Å². The molecule has 1 aromatic carbocycles. The highest BCUT2D eigenvalue weighted by Gasteiger charge is 2.22. The first-order valence-corrected chi connectivity index (χ1v) is 8.09. The molecule has 1 rings (SSSR count). The van der Waals surface area contributed by atoms with Crippen LogP contribution < -0.4 is 9.46 Å². The van der Waals surface area contributed by atoms with E-state index in [0.29, 0.717) is 22.5 Å². The molecule has 0 saturated carbocycles. The molecular weight excluding hydrogens is 358 g/mol. The minimum Gasteiger partial charge on any atom is -0.494 e. The number of rotatable bonds is 7. The van der Waals surface area contributed by atoms with Crippen molar-refractivity contribution in [3.05, 3.63) is 21.6 Å². The lowest BCUT2D eigenvalue weighted by Gasteiger charge is -2.12. The molecule has 0 bridgehead atoms. The summed E-state index contributed by atoms with van der Waals surface area (Å²) in [5.74, 6) is 0.226. The zero-order valence-corrected chi connectivity index (χ0v) is 13.7. The third-order valence-electron chi connectivity index (χ3n) is 2.29. The summed E-state index contributed by atoms with van der Waals surface area (Å²) < 4.78 is 37.2. The Bertz CT molecular complexity index is 536. The molecule has 0 atom stereocenters. The van der Waals surface area contributed by atoms with Gasteiger partial charge in [0.25, 0.3) is 0 Å². The number of hydrogen-bond acceptors (Lipinski definition) is 4. The SMILES string of the molecule is COCCCNS(=O)(=O)c1cc(Cl)cc(Br)c1OC. The number of methoxy groups -OCH3 is 2. The predicted molar refractivity (Wildman–Crippen MR) is 77.4 cm³/mol. The monoisotopic (exact) mass is 371 g/mol. The zero-order chi connectivity index (χ0) is 14.5. The van der Waals surface area contributed by atoms with Crippen molar-refractivity contribution in [3.8, 4) is 5.75 Å². The summed E-state index contributed by atoms with van der Waals surface area (Å²) in [4.78, 5) is 0.00629. The number of sulfonamides is 1. The minimum atomic E-state index is -3.67. The lowest BCUT2D eigenvalue weighted by Crippen LogP contribution is -2.26. The Hall–Kier alpha value is -0.340. The van der Waals surface area contributed by atoms with E-state index in [2.05, 4.69) is 20.7 Å². The number of halogens is 2. The van der Waals surface area contributed by atoms with Gasteiger partial charge < -0.3 is 9.47 Å². The van der Waals surface area contributed by atoms with E-state index in [-0.39, 0.29) is 17.2 Å². The van der Waals surface area contributed by atoms with E-state index in [1.165, 1.54) is 13.2 Å². The van der Waals surface area contributed by atoms with Gasteiger partial charge in [0.15, 0.2) is 5.75 Å². The maximum absolute atomic E-state index is 12.2. The summed E-state index contributed by atoms with van der Waals surface area (Å²) in [5, 5.41) is 0.310. The van der Waals surface area contributed by atoms with Gasteiger partial charge in [-0.2, -0.15) is 0 Å². The normalized spacial score (nSPS) is 11.6. The second kappa shape index (κ2) is 7.44. The fourth-order valence-electron chi connectivity index (χ4n) is 1.44. The van der Waals surface area contributed by atoms with Gasteiger partial charge >= 0.3 is 0 Å². The number of hydrogen-bond donors (Lipinski definition) is 1. The van der Waals surface area contributed by atoms with Crippen LogP contribution in [-0.2, 0) is 14.8 Å². The quantitative estimate of drug-likeness (QED) is 0.747. The van der Waals surface area contributed by atoms with Crippen LogP contribution in [0.1, 0.15) is 6.42 Å². The van der Waals surface area contributed by atoms with Crippen LogP contribution >= 0.6 is 27.5 Å². The Labute approximate surface area is 126 Å². The summed E-state index contributed by atoms with van der Waals surface area (Å²) in [6.07, 6.45) is 0.583. The molecule has 0 saturated heterocycles. The first kappa shape index (κ1) is 16.7. The van der Waals surface area contributed by atoms with Gasteiger partial charge in [-0.25, -0.2) is 13.1 Å². The largest absolute Gasteiger partial charge is 0.494 e. The third-order valence-corrected chi connectivity index (χ3v) is 4.56. The molecule has 0 aliphatic carbocycles. The van der Waals surface area contributed by atoms with Crippen LogP contribution in [0.3, 0.4) is 0 Å². The summed E-state index contributed by atoms with van der Waals surface area (Å²) in [6, 6.07) is 2.92. The van der Waals surface area contributed by atoms with Gasteiger partial charge in [-0.15, -0.1) is 0 Å². The molecular formula is C11H15BrClNO4S. The van der Waals surface area contributed by atoms with E-state index >= 15 is 0 Å². The van der Waals surface area contributed by atoms with Crippen LogP contribution in [0.15, 0.2) is 21.5 Å². The fourth-order valence-corrected chi connectivity index (χ4v) is 3.89. The van der Waals surface area contributed by atoms with E-state index in [1.807, 2.05) is 0 Å². The van der Waals surface area contributed by atoms with Gasteiger partial charge in [0, 0.05) is 25.3 Å². The Morgan fingerprint density at radius 3 is 2.63 bits per heavy atom. The van der Waals surface area contributed by atoms with Crippen molar-refractivity contribution < 1.29 is 17.9 Å². The van der Waals surface area contributed by atoms with Gasteiger partial charge in [0.2, 0.25) is 10.0 Å². The van der Waals surface area contributed by atoms with Crippen LogP contribution in [0, 0.1) is 0 Å². The van der Waals surface area contributed by atoms with Gasteiger partial charge in [-0.3, -0.25) is 0 Å². The average molecular weight is 373 g/mol. The highest BCUT2D eigenvalue weighted by atomic mass is 79.9. The number of benzene rings is 1. The van der Waals surface area contributed by atoms with E-state index in [0.717, 1.165) is 0 Å². The van der Waals surface area contributed by atoms with Crippen molar-refractivity contribution in [2.24, 2.45) is 0 Å². The molecule has 0 fully saturated rings. The lowest BCUT2D eigenvalue weighted by atomic mass is 10.3. The van der Waals surface area contributed by atoms with Crippen molar-refractivity contribution in [2.45, 2.75) is 11.3 Å². The Kier molecular flexibility index (Phi) is 6.55. The standard InChI is InChI=1S/C11H15BrClNO4S/c1-17-5-3-4-14-19(15,16)10-7-8(13)6-9(12)11(10)18-2/h6-7,14H,3-5H2,1-2H3. The van der Waals surface area contributed by atoms with Crippen LogP contribution in [0.2, 0.25) is 5.02 Å². The van der Waals surface area contributed by atoms with E-state index < -0.39 is 10.0 Å². The van der Waals surface area contributed by atoms with Crippen LogP contribution in [0.5, 0.6) is 5.75 Å². The highest BCUT2D eigenvalue weighted by Crippen LogP contribution is 2.35. The maximum Gasteiger partial charge on any atom is 0.244 e. The van der Waals surface area contributed by atoms with Gasteiger partial charge in [-0.1, -0.05) is 11.6 Å². The number of ether oxygens (including phenoxy) is 2. The molecule has 19 heavy (non-hydrogen) atoms. The first-order chi connectivity index (χ1) is 8.92. The molecule has 5 nitrogen and oxygen atoms in total. The molecule has 0 spiro atoms. The van der Waals surface area contributed by atoms with Crippen LogP contribution in [0.25, 0.3) is 0 Å². The minimum absolute atomic E-state index is 0.00629. The maximum atomic E-state index is 12.2. The molecule has 0 aliphatic heterocycles. The summed E-state index contributed by atoms with van der Waals surface area (Å²) in [7, 11) is -0.712. The van der Waals surface area contributed by atoms with Crippen molar-refractivity contribution in [3.63, 3.8) is 0 Å². The second-order valence-corrected chi connectivity index (χ2v) is 6.69. The molecule has 8 heteroatoms. The predicted octanol–water partition coefficient (Wildman–Crippen LogP) is 2.43. The third kappa shape index (κ3) is 4.61. The zero-order valence-electron chi connectivity index (χ0n) is 10.6. The lowest BCUT2D eigenvalue weighted by molar-refractivity contribution is 0.196.